The lowest BCUT2D eigenvalue weighted by atomic mass is 10.0. The van der Waals surface area contributed by atoms with E-state index in [2.05, 4.69) is 15.9 Å². The highest BCUT2D eigenvalue weighted by molar-refractivity contribution is 9.10. The summed E-state index contributed by atoms with van der Waals surface area (Å²) in [5.74, 6) is 1.58. The Morgan fingerprint density at radius 2 is 1.97 bits per heavy atom. The number of aromatic hydroxyl groups is 1. The Balaban J connectivity index is 2.01. The average molecular weight is 507 g/mol. The molecule has 0 amide bonds. The third-order valence-corrected chi connectivity index (χ3v) is 6.25. The number of halogens is 1. The fourth-order valence-electron chi connectivity index (χ4n) is 3.51. The summed E-state index contributed by atoms with van der Waals surface area (Å²) < 4.78 is 13.8. The van der Waals surface area contributed by atoms with Crippen LogP contribution in [0.25, 0.3) is 10.9 Å². The van der Waals surface area contributed by atoms with Crippen molar-refractivity contribution in [1.82, 2.24) is 9.47 Å². The van der Waals surface area contributed by atoms with E-state index in [1.807, 2.05) is 67.0 Å². The van der Waals surface area contributed by atoms with Gasteiger partial charge >= 0.3 is 5.97 Å². The average Bonchev–Trinajstić information content (AvgIpc) is 3.01. The van der Waals surface area contributed by atoms with E-state index in [0.29, 0.717) is 33.8 Å². The van der Waals surface area contributed by atoms with E-state index in [-0.39, 0.29) is 18.3 Å². The molecule has 0 atom stereocenters. The summed E-state index contributed by atoms with van der Waals surface area (Å²) in [7, 11) is 5.79. The maximum Gasteiger partial charge on any atom is 0.340 e. The first-order valence-electron chi connectivity index (χ1n) is 9.94. The number of thioether (sulfide) groups is 1. The molecule has 0 aliphatic heterocycles. The maximum atomic E-state index is 13.0. The largest absolute Gasteiger partial charge is 0.506 e. The summed E-state index contributed by atoms with van der Waals surface area (Å²) in [5.41, 5.74) is 2.91. The number of carbonyl (C=O) groups is 1. The first-order chi connectivity index (χ1) is 14.8. The highest BCUT2D eigenvalue weighted by Crippen LogP contribution is 2.40. The highest BCUT2D eigenvalue weighted by atomic mass is 79.9. The second-order valence-electron chi connectivity index (χ2n) is 7.34. The molecular weight excluding hydrogens is 480 g/mol. The van der Waals surface area contributed by atoms with E-state index >= 15 is 0 Å². The third kappa shape index (κ3) is 5.19. The van der Waals surface area contributed by atoms with Crippen molar-refractivity contribution in [3.63, 3.8) is 0 Å². The molecule has 0 fully saturated rings. The molecule has 1 heterocycles. The molecule has 0 saturated carbocycles. The van der Waals surface area contributed by atoms with Crippen LogP contribution >= 0.6 is 27.7 Å². The highest BCUT2D eigenvalue weighted by Gasteiger charge is 2.27. The van der Waals surface area contributed by atoms with Gasteiger partial charge < -0.3 is 24.0 Å². The van der Waals surface area contributed by atoms with Crippen LogP contribution in [0.5, 0.6) is 11.5 Å². The molecule has 0 unspecified atom stereocenters. The number of fused-ring (bicyclic) bond motifs is 1. The molecule has 0 aliphatic carbocycles. The van der Waals surface area contributed by atoms with Gasteiger partial charge in [-0.15, -0.1) is 11.8 Å². The minimum Gasteiger partial charge on any atom is -0.506 e. The van der Waals surface area contributed by atoms with Crippen molar-refractivity contribution in [3.8, 4) is 11.5 Å². The molecule has 1 aromatic heterocycles. The van der Waals surface area contributed by atoms with Crippen LogP contribution in [0, 0.1) is 0 Å². The molecule has 31 heavy (non-hydrogen) atoms. The molecule has 166 valence electrons. The number of phenolic OH excluding ortho intramolecular Hbond substituents is 1. The topological polar surface area (TPSA) is 63.9 Å². The number of nitrogens with zero attached hydrogens (tertiary/aromatic N) is 2. The van der Waals surface area contributed by atoms with E-state index in [1.54, 1.807) is 18.7 Å². The van der Waals surface area contributed by atoms with E-state index in [9.17, 15) is 9.90 Å². The number of esters is 1. The van der Waals surface area contributed by atoms with Crippen molar-refractivity contribution in [1.29, 1.82) is 0 Å². The van der Waals surface area contributed by atoms with Gasteiger partial charge in [0.2, 0.25) is 0 Å². The van der Waals surface area contributed by atoms with Gasteiger partial charge in [-0.1, -0.05) is 18.2 Å². The SMILES string of the molecule is CCOC(=O)c1c(CSCOc2ccccc2)n(C)c2cc(Br)c(O)c(CN(C)C)c12. The fraction of sp³-hybridized carbons (Fsp3) is 0.348. The second kappa shape index (κ2) is 10.4. The smallest absolute Gasteiger partial charge is 0.340 e. The van der Waals surface area contributed by atoms with Crippen molar-refractivity contribution < 1.29 is 19.4 Å². The molecule has 6 nitrogen and oxygen atoms in total. The lowest BCUT2D eigenvalue weighted by Gasteiger charge is -2.15. The number of rotatable bonds is 9. The molecule has 0 aliphatic rings. The predicted molar refractivity (Wildman–Crippen MR) is 129 cm³/mol. The normalized spacial score (nSPS) is 11.3. The van der Waals surface area contributed by atoms with Crippen LogP contribution in [0.1, 0.15) is 28.5 Å². The van der Waals surface area contributed by atoms with Gasteiger partial charge in [-0.05, 0) is 55.1 Å². The standard InChI is InChI=1S/C23H27BrN2O4S/c1-5-29-23(28)21-19(13-31-14-30-15-9-7-6-8-10-15)26(4)18-11-17(24)22(27)16(20(18)21)12-25(2)3/h6-11,27H,5,12-14H2,1-4H3. The minimum atomic E-state index is -0.380. The van der Waals surface area contributed by atoms with Crippen LogP contribution in [-0.4, -0.2) is 47.2 Å². The van der Waals surface area contributed by atoms with Gasteiger partial charge in [0.25, 0.3) is 0 Å². The van der Waals surface area contributed by atoms with Gasteiger partial charge in [0, 0.05) is 36.0 Å². The number of ether oxygens (including phenoxy) is 2. The summed E-state index contributed by atoms with van der Waals surface area (Å²) in [6.45, 7) is 2.56. The van der Waals surface area contributed by atoms with Crippen molar-refractivity contribution in [2.75, 3.05) is 26.6 Å². The molecule has 3 aromatic rings. The van der Waals surface area contributed by atoms with Gasteiger partial charge in [-0.2, -0.15) is 0 Å². The van der Waals surface area contributed by atoms with Crippen molar-refractivity contribution in [2.45, 2.75) is 19.2 Å². The number of carbonyl (C=O) groups excluding carboxylic acids is 1. The molecule has 0 bridgehead atoms. The summed E-state index contributed by atoms with van der Waals surface area (Å²) in [6, 6.07) is 11.5. The van der Waals surface area contributed by atoms with Gasteiger partial charge in [-0.3, -0.25) is 0 Å². The summed E-state index contributed by atoms with van der Waals surface area (Å²) in [5, 5.41) is 11.5. The Labute approximate surface area is 195 Å². The molecule has 0 saturated heterocycles. The van der Waals surface area contributed by atoms with Gasteiger partial charge in [0.15, 0.2) is 0 Å². The zero-order valence-electron chi connectivity index (χ0n) is 18.1. The number of benzene rings is 2. The van der Waals surface area contributed by atoms with Crippen LogP contribution < -0.4 is 4.74 Å². The van der Waals surface area contributed by atoms with E-state index in [4.69, 9.17) is 9.47 Å². The number of hydrogen-bond acceptors (Lipinski definition) is 6. The van der Waals surface area contributed by atoms with E-state index in [0.717, 1.165) is 22.3 Å². The Morgan fingerprint density at radius 3 is 2.61 bits per heavy atom. The Hall–Kier alpha value is -2.16. The van der Waals surface area contributed by atoms with Crippen LogP contribution in [-0.2, 0) is 24.1 Å². The van der Waals surface area contributed by atoms with Crippen molar-refractivity contribution in [3.05, 3.63) is 57.7 Å². The predicted octanol–water partition coefficient (Wildman–Crippen LogP) is 5.15. The summed E-state index contributed by atoms with van der Waals surface area (Å²) >= 11 is 5.03. The van der Waals surface area contributed by atoms with Gasteiger partial charge in [-0.25, -0.2) is 4.79 Å². The quantitative estimate of drug-likeness (QED) is 0.246. The van der Waals surface area contributed by atoms with Crippen LogP contribution in [0.4, 0.5) is 0 Å². The lowest BCUT2D eigenvalue weighted by Crippen LogP contribution is -2.13. The minimum absolute atomic E-state index is 0.143. The molecule has 0 spiro atoms. The lowest BCUT2D eigenvalue weighted by molar-refractivity contribution is 0.0527. The zero-order chi connectivity index (χ0) is 22.5. The maximum absolute atomic E-state index is 13.0. The van der Waals surface area contributed by atoms with E-state index < -0.39 is 0 Å². The molecule has 3 rings (SSSR count). The molecular formula is C23H27BrN2O4S. The fourth-order valence-corrected chi connectivity index (χ4v) is 4.80. The Kier molecular flexibility index (Phi) is 7.91. The molecule has 2 aromatic carbocycles. The van der Waals surface area contributed by atoms with E-state index in [1.165, 1.54) is 0 Å². The second-order valence-corrected chi connectivity index (χ2v) is 9.13. The number of hydrogen-bond donors (Lipinski definition) is 1. The van der Waals surface area contributed by atoms with Crippen molar-refractivity contribution >= 4 is 44.6 Å². The number of aromatic nitrogens is 1. The molecule has 1 N–H and O–H groups in total. The first kappa shape index (κ1) is 23.5. The van der Waals surface area contributed by atoms with Gasteiger partial charge in [0.05, 0.1) is 22.2 Å². The van der Waals surface area contributed by atoms with Gasteiger partial charge in [0.1, 0.15) is 17.4 Å². The van der Waals surface area contributed by atoms with Crippen LogP contribution in [0.15, 0.2) is 40.9 Å². The first-order valence-corrected chi connectivity index (χ1v) is 11.9. The Bertz CT molecular complexity index is 1070. The molecule has 8 heteroatoms. The van der Waals surface area contributed by atoms with Crippen molar-refractivity contribution in [2.24, 2.45) is 7.05 Å². The number of aryl methyl sites for hydroxylation is 1. The number of para-hydroxylation sites is 1. The number of phenols is 1. The summed E-state index contributed by atoms with van der Waals surface area (Å²) in [4.78, 5) is 15.0. The Morgan fingerprint density at radius 1 is 1.26 bits per heavy atom. The summed E-state index contributed by atoms with van der Waals surface area (Å²) in [6.07, 6.45) is 0. The zero-order valence-corrected chi connectivity index (χ0v) is 20.5. The third-order valence-electron chi connectivity index (χ3n) is 4.88. The van der Waals surface area contributed by atoms with Crippen LogP contribution in [0.2, 0.25) is 0 Å². The monoisotopic (exact) mass is 506 g/mol. The van der Waals surface area contributed by atoms with Crippen LogP contribution in [0.3, 0.4) is 0 Å². The molecule has 0 radical (unpaired) electrons.